The smallest absolute Gasteiger partial charge is 0.317 e. The number of amides is 2. The van der Waals surface area contributed by atoms with Gasteiger partial charge >= 0.3 is 5.97 Å². The first-order valence-electron chi connectivity index (χ1n) is 8.62. The molecule has 1 heterocycles. The van der Waals surface area contributed by atoms with Gasteiger partial charge in [0, 0.05) is 5.02 Å². The molecule has 2 aliphatic rings. The molecule has 0 atom stereocenters. The van der Waals surface area contributed by atoms with Crippen molar-refractivity contribution in [3.63, 3.8) is 0 Å². The molecular weight excluding hydrogens is 368 g/mol. The third-order valence-electron chi connectivity index (χ3n) is 4.94. The number of ether oxygens (including phenoxy) is 1. The minimum absolute atomic E-state index is 0.101. The number of carbonyl (C=O) groups is 3. The van der Waals surface area contributed by atoms with Crippen molar-refractivity contribution in [3.8, 4) is 0 Å². The maximum Gasteiger partial charge on any atom is 0.317 e. The lowest BCUT2D eigenvalue weighted by Gasteiger charge is -2.29. The van der Waals surface area contributed by atoms with Crippen LogP contribution >= 0.6 is 11.6 Å². The van der Waals surface area contributed by atoms with Crippen LogP contribution in [-0.2, 0) is 24.5 Å². The van der Waals surface area contributed by atoms with E-state index in [2.05, 4.69) is 5.32 Å². The number of esters is 1. The first-order valence-corrected chi connectivity index (χ1v) is 9.00. The topological polar surface area (TPSA) is 75.7 Å². The summed E-state index contributed by atoms with van der Waals surface area (Å²) >= 11 is 5.90. The zero-order valence-electron chi connectivity index (χ0n) is 14.4. The molecule has 7 heteroatoms. The first-order chi connectivity index (χ1) is 13.0. The van der Waals surface area contributed by atoms with Gasteiger partial charge in [0.1, 0.15) is 6.54 Å². The standard InChI is InChI=1S/C20H17ClN2O4/c21-14-7-5-13(6-8-14)20(9-10-20)19(26)27-12-18(25)23-11-17(24)22-15-3-1-2-4-16(15)23/h1-8H,9-12H2,(H,22,24). The van der Waals surface area contributed by atoms with Gasteiger partial charge in [-0.25, -0.2) is 0 Å². The van der Waals surface area contributed by atoms with Gasteiger partial charge in [-0.1, -0.05) is 35.9 Å². The van der Waals surface area contributed by atoms with Gasteiger partial charge in [-0.05, 0) is 42.7 Å². The Morgan fingerprint density at radius 3 is 2.52 bits per heavy atom. The average Bonchev–Trinajstić information content (AvgIpc) is 3.47. The molecule has 0 bridgehead atoms. The number of nitrogens with zero attached hydrogens (tertiary/aromatic N) is 1. The quantitative estimate of drug-likeness (QED) is 0.822. The Morgan fingerprint density at radius 1 is 1.11 bits per heavy atom. The van der Waals surface area contributed by atoms with Crippen molar-refractivity contribution < 1.29 is 19.1 Å². The first kappa shape index (κ1) is 17.5. The zero-order valence-corrected chi connectivity index (χ0v) is 15.2. The van der Waals surface area contributed by atoms with Crippen molar-refractivity contribution in [2.75, 3.05) is 23.4 Å². The summed E-state index contributed by atoms with van der Waals surface area (Å²) in [4.78, 5) is 38.4. The molecule has 1 aliphatic carbocycles. The van der Waals surface area contributed by atoms with Gasteiger partial charge in [0.05, 0.1) is 16.8 Å². The maximum atomic E-state index is 12.6. The summed E-state index contributed by atoms with van der Waals surface area (Å²) < 4.78 is 5.32. The van der Waals surface area contributed by atoms with E-state index in [1.807, 2.05) is 12.1 Å². The van der Waals surface area contributed by atoms with Crippen LogP contribution < -0.4 is 10.2 Å². The van der Waals surface area contributed by atoms with Crippen LogP contribution in [-0.4, -0.2) is 30.9 Å². The van der Waals surface area contributed by atoms with Crippen LogP contribution in [0.15, 0.2) is 48.5 Å². The molecule has 1 fully saturated rings. The van der Waals surface area contributed by atoms with Crippen LogP contribution in [0.2, 0.25) is 5.02 Å². The molecule has 1 N–H and O–H groups in total. The van der Waals surface area contributed by atoms with E-state index in [9.17, 15) is 14.4 Å². The van der Waals surface area contributed by atoms with Crippen LogP contribution in [0.3, 0.4) is 0 Å². The van der Waals surface area contributed by atoms with E-state index in [0.29, 0.717) is 29.2 Å². The van der Waals surface area contributed by atoms with E-state index >= 15 is 0 Å². The van der Waals surface area contributed by atoms with Gasteiger partial charge in [-0.3, -0.25) is 19.3 Å². The summed E-state index contributed by atoms with van der Waals surface area (Å²) in [5, 5.41) is 3.32. The number of hydrogen-bond acceptors (Lipinski definition) is 4. The molecule has 2 aromatic carbocycles. The molecule has 2 aromatic rings. The second-order valence-electron chi connectivity index (χ2n) is 6.71. The highest BCUT2D eigenvalue weighted by atomic mass is 35.5. The number of anilines is 2. The van der Waals surface area contributed by atoms with Crippen molar-refractivity contribution in [3.05, 3.63) is 59.1 Å². The summed E-state index contributed by atoms with van der Waals surface area (Å²) in [5.41, 5.74) is 1.31. The fourth-order valence-electron chi connectivity index (χ4n) is 3.30. The second-order valence-corrected chi connectivity index (χ2v) is 7.15. The number of fused-ring (bicyclic) bond motifs is 1. The van der Waals surface area contributed by atoms with Gasteiger partial charge < -0.3 is 10.1 Å². The van der Waals surface area contributed by atoms with Crippen LogP contribution in [0.1, 0.15) is 18.4 Å². The number of hydrogen-bond donors (Lipinski definition) is 1. The third-order valence-corrected chi connectivity index (χ3v) is 5.19. The maximum absolute atomic E-state index is 12.6. The second kappa shape index (κ2) is 6.70. The lowest BCUT2D eigenvalue weighted by Crippen LogP contribution is -2.44. The monoisotopic (exact) mass is 384 g/mol. The van der Waals surface area contributed by atoms with Crippen molar-refractivity contribution in [2.24, 2.45) is 0 Å². The van der Waals surface area contributed by atoms with Crippen molar-refractivity contribution in [1.29, 1.82) is 0 Å². The van der Waals surface area contributed by atoms with E-state index in [-0.39, 0.29) is 12.5 Å². The molecule has 0 spiro atoms. The molecule has 1 saturated carbocycles. The highest BCUT2D eigenvalue weighted by Crippen LogP contribution is 2.49. The number of halogens is 1. The largest absolute Gasteiger partial charge is 0.455 e. The number of benzene rings is 2. The summed E-state index contributed by atoms with van der Waals surface area (Å²) in [6, 6.07) is 14.1. The molecule has 0 radical (unpaired) electrons. The molecule has 27 heavy (non-hydrogen) atoms. The minimum atomic E-state index is -0.692. The average molecular weight is 385 g/mol. The van der Waals surface area contributed by atoms with Crippen LogP contribution in [0.4, 0.5) is 11.4 Å². The molecule has 6 nitrogen and oxygen atoms in total. The van der Waals surface area contributed by atoms with Gasteiger partial charge in [0.2, 0.25) is 5.91 Å². The molecule has 1 aliphatic heterocycles. The summed E-state index contributed by atoms with van der Waals surface area (Å²) in [7, 11) is 0. The summed E-state index contributed by atoms with van der Waals surface area (Å²) in [6.45, 7) is -0.508. The predicted octanol–water partition coefficient (Wildman–Crippen LogP) is 2.90. The lowest BCUT2D eigenvalue weighted by atomic mass is 9.96. The summed E-state index contributed by atoms with van der Waals surface area (Å²) in [5.74, 6) is -1.14. The number of carbonyl (C=O) groups excluding carboxylic acids is 3. The molecule has 138 valence electrons. The predicted molar refractivity (Wildman–Crippen MR) is 101 cm³/mol. The van der Waals surface area contributed by atoms with Gasteiger partial charge in [-0.15, -0.1) is 0 Å². The van der Waals surface area contributed by atoms with E-state index in [4.69, 9.17) is 16.3 Å². The Bertz CT molecular complexity index is 922. The molecule has 4 rings (SSSR count). The Balaban J connectivity index is 1.45. The highest BCUT2D eigenvalue weighted by Gasteiger charge is 2.53. The molecule has 0 unspecified atom stereocenters. The highest BCUT2D eigenvalue weighted by molar-refractivity contribution is 6.30. The van der Waals surface area contributed by atoms with Crippen molar-refractivity contribution in [1.82, 2.24) is 0 Å². The van der Waals surface area contributed by atoms with E-state index in [1.165, 1.54) is 4.90 Å². The molecular formula is C20H17ClN2O4. The normalized spacial score (nSPS) is 16.9. The third kappa shape index (κ3) is 3.28. The number of nitrogens with one attached hydrogen (secondary N) is 1. The fraction of sp³-hybridized carbons (Fsp3) is 0.250. The Kier molecular flexibility index (Phi) is 4.36. The Hall–Kier alpha value is -2.86. The van der Waals surface area contributed by atoms with Gasteiger partial charge in [0.25, 0.3) is 5.91 Å². The zero-order chi connectivity index (χ0) is 19.0. The van der Waals surface area contributed by atoms with Crippen LogP contribution in [0.5, 0.6) is 0 Å². The number of para-hydroxylation sites is 2. The van der Waals surface area contributed by atoms with Gasteiger partial charge in [0.15, 0.2) is 6.61 Å². The minimum Gasteiger partial charge on any atom is -0.455 e. The van der Waals surface area contributed by atoms with Crippen molar-refractivity contribution >= 4 is 40.8 Å². The molecule has 0 saturated heterocycles. The van der Waals surface area contributed by atoms with E-state index in [0.717, 1.165) is 5.56 Å². The van der Waals surface area contributed by atoms with Crippen molar-refractivity contribution in [2.45, 2.75) is 18.3 Å². The van der Waals surface area contributed by atoms with Crippen LogP contribution in [0.25, 0.3) is 0 Å². The number of rotatable bonds is 4. The molecule has 0 aromatic heterocycles. The Labute approximate surface area is 161 Å². The Morgan fingerprint density at radius 2 is 1.81 bits per heavy atom. The van der Waals surface area contributed by atoms with E-state index < -0.39 is 23.9 Å². The SMILES string of the molecule is O=C1CN(C(=O)COC(=O)C2(c3ccc(Cl)cc3)CC2)c2ccccc2N1. The lowest BCUT2D eigenvalue weighted by molar-refractivity contribution is -0.150. The van der Waals surface area contributed by atoms with Gasteiger partial charge in [-0.2, -0.15) is 0 Å². The molecule has 2 amide bonds. The van der Waals surface area contributed by atoms with Crippen LogP contribution in [0, 0.1) is 0 Å². The fourth-order valence-corrected chi connectivity index (χ4v) is 3.43. The summed E-state index contributed by atoms with van der Waals surface area (Å²) in [6.07, 6.45) is 1.35. The van der Waals surface area contributed by atoms with E-state index in [1.54, 1.807) is 36.4 Å².